The quantitative estimate of drug-likeness (QED) is 0.358. The molecule has 1 unspecified atom stereocenters. The molecule has 1 atom stereocenters. The number of rotatable bonds is 8. The Bertz CT molecular complexity index is 721. The lowest BCUT2D eigenvalue weighted by Gasteiger charge is -2.36. The SMILES string of the molecule is CC(C)(C)OC(=O)NCCONC=O.O=C1N2CCCC(CC2)N1OCc1ccccc1. The number of hydrogen-bond donors (Lipinski definition) is 2. The summed E-state index contributed by atoms with van der Waals surface area (Å²) >= 11 is 0. The Balaban J connectivity index is 0.000000237. The van der Waals surface area contributed by atoms with Crippen LogP contribution in [-0.4, -0.2) is 66.4 Å². The molecule has 3 saturated heterocycles. The molecule has 4 rings (SSSR count). The number of alkyl carbamates (subject to hydrolysis) is 1. The van der Waals surface area contributed by atoms with Crippen molar-refractivity contribution in [1.82, 2.24) is 20.8 Å². The van der Waals surface area contributed by atoms with Crippen molar-refractivity contribution in [1.29, 1.82) is 0 Å². The molecule has 10 nitrogen and oxygen atoms in total. The Labute approximate surface area is 189 Å². The van der Waals surface area contributed by atoms with Gasteiger partial charge in [0.15, 0.2) is 0 Å². The maximum Gasteiger partial charge on any atom is 0.407 e. The van der Waals surface area contributed by atoms with Gasteiger partial charge >= 0.3 is 12.1 Å². The second kappa shape index (κ2) is 12.9. The van der Waals surface area contributed by atoms with Crippen molar-refractivity contribution in [2.24, 2.45) is 0 Å². The van der Waals surface area contributed by atoms with E-state index >= 15 is 0 Å². The minimum atomic E-state index is -0.508. The summed E-state index contributed by atoms with van der Waals surface area (Å²) in [5, 5.41) is 4.06. The number of amides is 4. The number of nitrogens with one attached hydrogen (secondary N) is 2. The molecule has 2 bridgehead atoms. The molecule has 2 N–H and O–H groups in total. The minimum Gasteiger partial charge on any atom is -0.444 e. The van der Waals surface area contributed by atoms with Crippen LogP contribution >= 0.6 is 0 Å². The number of fused-ring (bicyclic) bond motifs is 4. The first kappa shape index (κ1) is 25.4. The van der Waals surface area contributed by atoms with Gasteiger partial charge in [0.1, 0.15) is 12.2 Å². The van der Waals surface area contributed by atoms with Crippen LogP contribution in [0.5, 0.6) is 0 Å². The zero-order valence-corrected chi connectivity index (χ0v) is 19.0. The fourth-order valence-corrected chi connectivity index (χ4v) is 3.29. The van der Waals surface area contributed by atoms with E-state index in [1.165, 1.54) is 0 Å². The van der Waals surface area contributed by atoms with Crippen molar-refractivity contribution >= 4 is 18.5 Å². The Morgan fingerprint density at radius 2 is 1.94 bits per heavy atom. The smallest absolute Gasteiger partial charge is 0.407 e. The molecule has 3 aliphatic heterocycles. The van der Waals surface area contributed by atoms with Crippen molar-refractivity contribution < 1.29 is 28.8 Å². The predicted molar refractivity (Wildman–Crippen MR) is 117 cm³/mol. The summed E-state index contributed by atoms with van der Waals surface area (Å²) in [4.78, 5) is 45.1. The van der Waals surface area contributed by atoms with Gasteiger partial charge in [-0.1, -0.05) is 30.3 Å². The molecule has 3 aliphatic rings. The zero-order chi connectivity index (χ0) is 23.4. The van der Waals surface area contributed by atoms with Crippen LogP contribution in [-0.2, 0) is 25.8 Å². The van der Waals surface area contributed by atoms with Crippen LogP contribution in [0.4, 0.5) is 9.59 Å². The topological polar surface area (TPSA) is 109 Å². The van der Waals surface area contributed by atoms with Crippen molar-refractivity contribution in [3.8, 4) is 0 Å². The molecule has 0 aromatic heterocycles. The first-order valence-electron chi connectivity index (χ1n) is 10.8. The molecule has 0 aliphatic carbocycles. The fraction of sp³-hybridized carbons (Fsp3) is 0.591. The standard InChI is InChI=1S/C14H18N2O2.C8H16N2O4/c17-14-15-9-4-7-13(8-10-15)16(14)18-11-12-5-2-1-3-6-12;1-8(2,3)14-7(12)9-4-5-13-10-6-11/h1-3,5-6,13H,4,7-11H2;6H,4-5H2,1-3H3,(H,9,12)(H,10,11). The van der Waals surface area contributed by atoms with E-state index in [1.807, 2.05) is 40.7 Å². The lowest BCUT2D eigenvalue weighted by Crippen LogP contribution is -2.51. The van der Waals surface area contributed by atoms with Crippen LogP contribution in [0, 0.1) is 0 Å². The van der Waals surface area contributed by atoms with E-state index in [1.54, 1.807) is 25.8 Å². The molecular weight excluding hydrogens is 416 g/mol. The molecule has 1 aromatic carbocycles. The van der Waals surface area contributed by atoms with E-state index in [4.69, 9.17) is 9.57 Å². The van der Waals surface area contributed by atoms with Gasteiger partial charge in [-0.3, -0.25) is 14.5 Å². The van der Waals surface area contributed by atoms with Crippen LogP contribution < -0.4 is 10.8 Å². The number of ether oxygens (including phenoxy) is 1. The second-order valence-corrected chi connectivity index (χ2v) is 8.45. The predicted octanol–water partition coefficient (Wildman–Crippen LogP) is 2.60. The van der Waals surface area contributed by atoms with Gasteiger partial charge < -0.3 is 15.0 Å². The molecule has 32 heavy (non-hydrogen) atoms. The summed E-state index contributed by atoms with van der Waals surface area (Å²) in [5.41, 5.74) is 2.59. The Morgan fingerprint density at radius 1 is 1.19 bits per heavy atom. The number of nitrogens with zero attached hydrogens (tertiary/aromatic N) is 2. The van der Waals surface area contributed by atoms with Gasteiger partial charge in [0, 0.05) is 19.6 Å². The van der Waals surface area contributed by atoms with Crippen LogP contribution in [0.1, 0.15) is 45.6 Å². The molecule has 0 saturated carbocycles. The van der Waals surface area contributed by atoms with Crippen molar-refractivity contribution in [2.75, 3.05) is 26.2 Å². The lowest BCUT2D eigenvalue weighted by molar-refractivity contribution is -0.169. The number of carbonyl (C=O) groups excluding carboxylic acids is 3. The maximum absolute atomic E-state index is 12.2. The van der Waals surface area contributed by atoms with E-state index in [-0.39, 0.29) is 25.2 Å². The summed E-state index contributed by atoms with van der Waals surface area (Å²) in [6, 6.07) is 10.3. The van der Waals surface area contributed by atoms with Gasteiger partial charge in [0.05, 0.1) is 12.6 Å². The van der Waals surface area contributed by atoms with Crippen LogP contribution in [0.15, 0.2) is 30.3 Å². The summed E-state index contributed by atoms with van der Waals surface area (Å²) in [6.07, 6.45) is 3.07. The van der Waals surface area contributed by atoms with Gasteiger partial charge in [0.25, 0.3) is 0 Å². The first-order chi connectivity index (χ1) is 15.3. The van der Waals surface area contributed by atoms with E-state index in [2.05, 4.69) is 10.2 Å². The summed E-state index contributed by atoms with van der Waals surface area (Å²) < 4.78 is 4.95. The Hall–Kier alpha value is -2.85. The third kappa shape index (κ3) is 9.11. The minimum absolute atomic E-state index is 0.0414. The van der Waals surface area contributed by atoms with Crippen molar-refractivity contribution in [3.63, 3.8) is 0 Å². The third-order valence-corrected chi connectivity index (χ3v) is 4.71. The molecule has 178 valence electrons. The monoisotopic (exact) mass is 450 g/mol. The van der Waals surface area contributed by atoms with Gasteiger partial charge in [0.2, 0.25) is 6.41 Å². The number of hydroxylamine groups is 3. The molecule has 0 spiro atoms. The summed E-state index contributed by atoms with van der Waals surface area (Å²) in [6.45, 7) is 8.02. The van der Waals surface area contributed by atoms with Crippen molar-refractivity contribution in [3.05, 3.63) is 35.9 Å². The summed E-state index contributed by atoms with van der Waals surface area (Å²) in [5.74, 6) is 0. The molecule has 0 radical (unpaired) electrons. The molecule has 10 heteroatoms. The average molecular weight is 451 g/mol. The van der Waals surface area contributed by atoms with E-state index in [0.29, 0.717) is 13.0 Å². The molecule has 4 amide bonds. The molecular formula is C22H34N4O6. The number of urea groups is 1. The fourth-order valence-electron chi connectivity index (χ4n) is 3.29. The third-order valence-electron chi connectivity index (χ3n) is 4.71. The van der Waals surface area contributed by atoms with Gasteiger partial charge in [-0.25, -0.2) is 15.1 Å². The van der Waals surface area contributed by atoms with E-state index in [0.717, 1.165) is 37.9 Å². The second-order valence-electron chi connectivity index (χ2n) is 8.45. The van der Waals surface area contributed by atoms with Crippen LogP contribution in [0.3, 0.4) is 0 Å². The molecule has 1 aromatic rings. The zero-order valence-electron chi connectivity index (χ0n) is 19.0. The number of carbonyl (C=O) groups is 3. The van der Waals surface area contributed by atoms with Gasteiger partial charge in [-0.15, -0.1) is 0 Å². The van der Waals surface area contributed by atoms with Crippen molar-refractivity contribution in [2.45, 2.75) is 58.3 Å². The first-order valence-corrected chi connectivity index (χ1v) is 10.8. The average Bonchev–Trinajstić information content (AvgIpc) is 3.07. The molecule has 3 heterocycles. The van der Waals surface area contributed by atoms with Gasteiger partial charge in [-0.05, 0) is 45.6 Å². The highest BCUT2D eigenvalue weighted by molar-refractivity contribution is 5.74. The van der Waals surface area contributed by atoms with Crippen LogP contribution in [0.25, 0.3) is 0 Å². The highest BCUT2D eigenvalue weighted by Crippen LogP contribution is 2.25. The van der Waals surface area contributed by atoms with Crippen LogP contribution in [0.2, 0.25) is 0 Å². The highest BCUT2D eigenvalue weighted by atomic mass is 16.7. The lowest BCUT2D eigenvalue weighted by atomic mass is 10.1. The highest BCUT2D eigenvalue weighted by Gasteiger charge is 2.36. The number of hydrogen-bond acceptors (Lipinski definition) is 6. The largest absolute Gasteiger partial charge is 0.444 e. The maximum atomic E-state index is 12.2. The van der Waals surface area contributed by atoms with E-state index < -0.39 is 11.7 Å². The Morgan fingerprint density at radius 3 is 2.62 bits per heavy atom. The normalized spacial score (nSPS) is 17.7. The molecule has 3 fully saturated rings. The summed E-state index contributed by atoms with van der Waals surface area (Å²) in [7, 11) is 0. The van der Waals surface area contributed by atoms with Gasteiger partial charge in [-0.2, -0.15) is 5.06 Å². The van der Waals surface area contributed by atoms with E-state index in [9.17, 15) is 14.4 Å². The number of benzene rings is 1. The Kier molecular flexibility index (Phi) is 10.2.